The fourth-order valence-corrected chi connectivity index (χ4v) is 1.36. The number of hydrogen-bond acceptors (Lipinski definition) is 1. The Labute approximate surface area is 70.0 Å². The summed E-state index contributed by atoms with van der Waals surface area (Å²) < 4.78 is 35.2. The standard InChI is InChI=1S/C6H13BF3S/c1-5(2)6(3)11-4-7(8,9)10/h5-6H,4H2,1-3H3/q-1. The maximum Gasteiger partial charge on any atom is 0.488 e. The SMILES string of the molecule is CC(C)C(C)SC[B-](F)(F)F. The average molecular weight is 185 g/mol. The molecule has 11 heavy (non-hydrogen) atoms. The van der Waals surface area contributed by atoms with Crippen LogP contribution in [-0.2, 0) is 0 Å². The normalized spacial score (nSPS) is 15.5. The Morgan fingerprint density at radius 1 is 1.18 bits per heavy atom. The molecule has 0 bridgehead atoms. The van der Waals surface area contributed by atoms with Crippen molar-refractivity contribution in [1.82, 2.24) is 0 Å². The van der Waals surface area contributed by atoms with Crippen LogP contribution in [0, 0.1) is 5.92 Å². The van der Waals surface area contributed by atoms with E-state index in [0.29, 0.717) is 5.92 Å². The third-order valence-corrected chi connectivity index (χ3v) is 3.13. The Hall–Kier alpha value is 0.205. The van der Waals surface area contributed by atoms with Crippen molar-refractivity contribution in [3.63, 3.8) is 0 Å². The van der Waals surface area contributed by atoms with Gasteiger partial charge in [-0.2, -0.15) is 11.8 Å². The molecule has 0 aliphatic heterocycles. The fraction of sp³-hybridized carbons (Fsp3) is 1.00. The molecule has 0 fully saturated rings. The van der Waals surface area contributed by atoms with Gasteiger partial charge in [-0.3, -0.25) is 0 Å². The molecule has 1 unspecified atom stereocenters. The molecule has 0 nitrogen and oxygen atoms in total. The van der Waals surface area contributed by atoms with Gasteiger partial charge in [0.2, 0.25) is 0 Å². The summed E-state index contributed by atoms with van der Waals surface area (Å²) in [6, 6.07) is 0. The topological polar surface area (TPSA) is 0 Å². The maximum atomic E-state index is 11.7. The van der Waals surface area contributed by atoms with Crippen molar-refractivity contribution >= 4 is 18.7 Å². The van der Waals surface area contributed by atoms with E-state index in [0.717, 1.165) is 11.8 Å². The number of rotatable bonds is 4. The molecule has 0 aromatic carbocycles. The summed E-state index contributed by atoms with van der Waals surface area (Å²) in [5, 5.41) is 0.0958. The minimum absolute atomic E-state index is 0.0958. The van der Waals surface area contributed by atoms with Crippen LogP contribution in [0.5, 0.6) is 0 Å². The molecule has 5 heteroatoms. The quantitative estimate of drug-likeness (QED) is 0.606. The van der Waals surface area contributed by atoms with Gasteiger partial charge in [0.05, 0.1) is 0 Å². The first kappa shape index (κ1) is 11.2. The minimum Gasteiger partial charge on any atom is -0.448 e. The highest BCUT2D eigenvalue weighted by molar-refractivity contribution is 8.01. The third kappa shape index (κ3) is 6.60. The lowest BCUT2D eigenvalue weighted by atomic mass is 9.98. The first-order valence-corrected chi connectivity index (χ1v) is 4.70. The van der Waals surface area contributed by atoms with Crippen LogP contribution >= 0.6 is 11.8 Å². The van der Waals surface area contributed by atoms with Crippen molar-refractivity contribution in [3.8, 4) is 0 Å². The molecule has 0 aliphatic carbocycles. The van der Waals surface area contributed by atoms with E-state index in [2.05, 4.69) is 0 Å². The second-order valence-electron chi connectivity index (χ2n) is 2.99. The lowest BCUT2D eigenvalue weighted by Gasteiger charge is -2.19. The molecule has 0 spiro atoms. The summed E-state index contributed by atoms with van der Waals surface area (Å²) >= 11 is 0.994. The van der Waals surface area contributed by atoms with E-state index in [-0.39, 0.29) is 5.25 Å². The van der Waals surface area contributed by atoms with Crippen molar-refractivity contribution in [2.75, 3.05) is 5.65 Å². The molecule has 0 aromatic heterocycles. The van der Waals surface area contributed by atoms with Crippen LogP contribution in [-0.4, -0.2) is 17.9 Å². The van der Waals surface area contributed by atoms with Gasteiger partial charge >= 0.3 is 6.98 Å². The summed E-state index contributed by atoms with van der Waals surface area (Å²) in [6.07, 6.45) is 0. The first-order valence-electron chi connectivity index (χ1n) is 3.65. The maximum absolute atomic E-state index is 11.7. The van der Waals surface area contributed by atoms with Gasteiger partial charge < -0.3 is 12.9 Å². The zero-order valence-corrected chi connectivity index (χ0v) is 7.80. The van der Waals surface area contributed by atoms with Crippen LogP contribution in [0.2, 0.25) is 0 Å². The predicted octanol–water partition coefficient (Wildman–Crippen LogP) is 3.15. The molecule has 0 rings (SSSR count). The van der Waals surface area contributed by atoms with Crippen LogP contribution in [0.15, 0.2) is 0 Å². The lowest BCUT2D eigenvalue weighted by Crippen LogP contribution is -2.22. The van der Waals surface area contributed by atoms with Gasteiger partial charge in [-0.05, 0) is 11.6 Å². The molecule has 0 aromatic rings. The van der Waals surface area contributed by atoms with Crippen molar-refractivity contribution in [1.29, 1.82) is 0 Å². The Balaban J connectivity index is 3.54. The van der Waals surface area contributed by atoms with Gasteiger partial charge in [-0.1, -0.05) is 20.8 Å². The van der Waals surface area contributed by atoms with Crippen LogP contribution in [0.1, 0.15) is 20.8 Å². The second kappa shape index (κ2) is 4.29. The number of hydrogen-bond donors (Lipinski definition) is 0. The van der Waals surface area contributed by atoms with Gasteiger partial charge in [0, 0.05) is 5.25 Å². The van der Waals surface area contributed by atoms with Crippen molar-refractivity contribution < 1.29 is 12.9 Å². The Bertz CT molecular complexity index is 113. The molecule has 0 aliphatic rings. The average Bonchev–Trinajstić information content (AvgIpc) is 1.80. The summed E-state index contributed by atoms with van der Waals surface area (Å²) in [5.74, 6) is 0.318. The van der Waals surface area contributed by atoms with Crippen molar-refractivity contribution in [2.45, 2.75) is 26.0 Å². The highest BCUT2D eigenvalue weighted by atomic mass is 32.2. The largest absolute Gasteiger partial charge is 0.488 e. The molecule has 0 N–H and O–H groups in total. The molecule has 0 heterocycles. The van der Waals surface area contributed by atoms with Crippen LogP contribution < -0.4 is 0 Å². The highest BCUT2D eigenvalue weighted by Gasteiger charge is 2.24. The zero-order valence-electron chi connectivity index (χ0n) is 6.98. The van der Waals surface area contributed by atoms with Crippen molar-refractivity contribution in [2.24, 2.45) is 5.92 Å². The number of thioether (sulfide) groups is 1. The lowest BCUT2D eigenvalue weighted by molar-refractivity contribution is 0.484. The number of halogens is 3. The van der Waals surface area contributed by atoms with Crippen LogP contribution in [0.4, 0.5) is 12.9 Å². The van der Waals surface area contributed by atoms with E-state index in [4.69, 9.17) is 0 Å². The molecule has 0 radical (unpaired) electrons. The van der Waals surface area contributed by atoms with E-state index in [1.54, 1.807) is 0 Å². The fourth-order valence-electron chi connectivity index (χ4n) is 0.453. The Morgan fingerprint density at radius 2 is 1.64 bits per heavy atom. The summed E-state index contributed by atoms with van der Waals surface area (Å²) in [5.41, 5.74) is -0.667. The Morgan fingerprint density at radius 3 is 1.91 bits per heavy atom. The van der Waals surface area contributed by atoms with Gasteiger partial charge in [0.15, 0.2) is 0 Å². The summed E-state index contributed by atoms with van der Waals surface area (Å²) in [7, 11) is 0. The van der Waals surface area contributed by atoms with Crippen LogP contribution in [0.3, 0.4) is 0 Å². The van der Waals surface area contributed by atoms with E-state index < -0.39 is 12.6 Å². The summed E-state index contributed by atoms with van der Waals surface area (Å²) in [6.45, 7) is 1.10. The van der Waals surface area contributed by atoms with Gasteiger partial charge in [-0.25, -0.2) is 0 Å². The molecular weight excluding hydrogens is 172 g/mol. The van der Waals surface area contributed by atoms with Crippen LogP contribution in [0.25, 0.3) is 0 Å². The molecule has 1 atom stereocenters. The van der Waals surface area contributed by atoms with Gasteiger partial charge in [-0.15, -0.1) is 0 Å². The first-order chi connectivity index (χ1) is 4.83. The van der Waals surface area contributed by atoms with E-state index in [9.17, 15) is 12.9 Å². The molecule has 0 amide bonds. The zero-order chi connectivity index (χ0) is 9.07. The second-order valence-corrected chi connectivity index (χ2v) is 4.40. The molecule has 68 valence electrons. The Kier molecular flexibility index (Phi) is 4.37. The highest BCUT2D eigenvalue weighted by Crippen LogP contribution is 2.24. The monoisotopic (exact) mass is 185 g/mol. The van der Waals surface area contributed by atoms with E-state index in [1.807, 2.05) is 20.8 Å². The van der Waals surface area contributed by atoms with E-state index >= 15 is 0 Å². The third-order valence-electron chi connectivity index (χ3n) is 1.49. The molecule has 0 saturated carbocycles. The van der Waals surface area contributed by atoms with Gasteiger partial charge in [0.1, 0.15) is 0 Å². The van der Waals surface area contributed by atoms with Gasteiger partial charge in [0.25, 0.3) is 0 Å². The summed E-state index contributed by atoms with van der Waals surface area (Å²) in [4.78, 5) is 0. The molecule has 0 saturated heterocycles. The molecular formula is C6H13BF3S-. The van der Waals surface area contributed by atoms with Crippen molar-refractivity contribution in [3.05, 3.63) is 0 Å². The minimum atomic E-state index is -4.60. The smallest absolute Gasteiger partial charge is 0.448 e. The predicted molar refractivity (Wildman–Crippen MR) is 45.8 cm³/mol. The van der Waals surface area contributed by atoms with E-state index in [1.165, 1.54) is 0 Å².